The topological polar surface area (TPSA) is 38.3 Å². The van der Waals surface area contributed by atoms with Crippen LogP contribution in [-0.4, -0.2) is 12.0 Å². The lowest BCUT2D eigenvalue weighted by Crippen LogP contribution is -2.34. The molecule has 0 radical (unpaired) electrons. The molecule has 0 bridgehead atoms. The SMILES string of the molecule is Cc1c(Br)cc(Cl)c2c1NC(=O)C(C)O2. The zero-order chi connectivity index (χ0) is 11.2. The van der Waals surface area contributed by atoms with Crippen LogP contribution in [0.25, 0.3) is 0 Å². The van der Waals surface area contributed by atoms with E-state index in [0.717, 1.165) is 10.0 Å². The smallest absolute Gasteiger partial charge is 0.265 e. The maximum absolute atomic E-state index is 11.4. The van der Waals surface area contributed by atoms with Crippen LogP contribution < -0.4 is 10.1 Å². The monoisotopic (exact) mass is 289 g/mol. The van der Waals surface area contributed by atoms with E-state index in [-0.39, 0.29) is 5.91 Å². The number of anilines is 1. The van der Waals surface area contributed by atoms with E-state index in [9.17, 15) is 4.79 Å². The maximum atomic E-state index is 11.4. The summed E-state index contributed by atoms with van der Waals surface area (Å²) in [7, 11) is 0. The molecule has 0 aliphatic carbocycles. The summed E-state index contributed by atoms with van der Waals surface area (Å²) in [4.78, 5) is 11.4. The predicted octanol–water partition coefficient (Wildman–Crippen LogP) is 3.13. The highest BCUT2D eigenvalue weighted by molar-refractivity contribution is 9.10. The Hall–Kier alpha value is -0.740. The van der Waals surface area contributed by atoms with E-state index in [1.54, 1.807) is 13.0 Å². The molecule has 3 nitrogen and oxygen atoms in total. The second-order valence-corrected chi connectivity index (χ2v) is 4.68. The number of fused-ring (bicyclic) bond motifs is 1. The normalized spacial score (nSPS) is 19.2. The molecule has 1 aromatic rings. The van der Waals surface area contributed by atoms with E-state index < -0.39 is 6.10 Å². The van der Waals surface area contributed by atoms with Crippen LogP contribution in [0.5, 0.6) is 5.75 Å². The number of rotatable bonds is 0. The first-order valence-corrected chi connectivity index (χ1v) is 5.64. The molecule has 5 heteroatoms. The second kappa shape index (κ2) is 3.68. The number of amides is 1. The van der Waals surface area contributed by atoms with Gasteiger partial charge in [0.15, 0.2) is 11.9 Å². The highest BCUT2D eigenvalue weighted by Crippen LogP contribution is 2.42. The summed E-state index contributed by atoms with van der Waals surface area (Å²) in [5.41, 5.74) is 1.56. The lowest BCUT2D eigenvalue weighted by molar-refractivity contribution is -0.122. The minimum absolute atomic E-state index is 0.153. The summed E-state index contributed by atoms with van der Waals surface area (Å²) in [5, 5.41) is 3.28. The van der Waals surface area contributed by atoms with Gasteiger partial charge >= 0.3 is 0 Å². The van der Waals surface area contributed by atoms with Gasteiger partial charge < -0.3 is 10.1 Å². The van der Waals surface area contributed by atoms with Crippen LogP contribution in [0.1, 0.15) is 12.5 Å². The van der Waals surface area contributed by atoms with E-state index in [4.69, 9.17) is 16.3 Å². The average molecular weight is 291 g/mol. The third kappa shape index (κ3) is 1.72. The molecule has 1 atom stereocenters. The van der Waals surface area contributed by atoms with Gasteiger partial charge in [-0.05, 0) is 25.5 Å². The van der Waals surface area contributed by atoms with Crippen LogP contribution in [0, 0.1) is 6.92 Å². The number of halogens is 2. The standard InChI is InChI=1S/C10H9BrClNO2/c1-4-6(11)3-7(12)9-8(4)13-10(14)5(2)15-9/h3,5H,1-2H3,(H,13,14). The molecule has 1 N–H and O–H groups in total. The van der Waals surface area contributed by atoms with E-state index in [0.29, 0.717) is 16.5 Å². The van der Waals surface area contributed by atoms with Crippen molar-refractivity contribution in [2.45, 2.75) is 20.0 Å². The van der Waals surface area contributed by atoms with Gasteiger partial charge in [0.05, 0.1) is 10.7 Å². The summed E-state index contributed by atoms with van der Waals surface area (Å²) < 4.78 is 6.30. The summed E-state index contributed by atoms with van der Waals surface area (Å²) in [6, 6.07) is 1.76. The molecule has 1 unspecified atom stereocenters. The van der Waals surface area contributed by atoms with Gasteiger partial charge in [0.1, 0.15) is 0 Å². The molecule has 1 heterocycles. The minimum atomic E-state index is -0.504. The van der Waals surface area contributed by atoms with Gasteiger partial charge in [0, 0.05) is 4.47 Å². The molecule has 0 fully saturated rings. The summed E-state index contributed by atoms with van der Waals surface area (Å²) in [5.74, 6) is 0.393. The fraction of sp³-hybridized carbons (Fsp3) is 0.300. The zero-order valence-corrected chi connectivity index (χ0v) is 10.6. The second-order valence-electron chi connectivity index (χ2n) is 3.42. The van der Waals surface area contributed by atoms with Crippen molar-refractivity contribution < 1.29 is 9.53 Å². The first-order valence-electron chi connectivity index (χ1n) is 4.47. The molecular weight excluding hydrogens is 281 g/mol. The number of hydrogen-bond acceptors (Lipinski definition) is 2. The average Bonchev–Trinajstić information content (AvgIpc) is 2.18. The first-order chi connectivity index (χ1) is 7.00. The molecule has 0 spiro atoms. The molecular formula is C10H9BrClNO2. The van der Waals surface area contributed by atoms with Crippen LogP contribution >= 0.6 is 27.5 Å². The molecule has 1 aliphatic rings. The zero-order valence-electron chi connectivity index (χ0n) is 8.23. The predicted molar refractivity (Wildman–Crippen MR) is 62.6 cm³/mol. The van der Waals surface area contributed by atoms with Crippen LogP contribution in [0.15, 0.2) is 10.5 Å². The largest absolute Gasteiger partial charge is 0.477 e. The Morgan fingerprint density at radius 1 is 1.60 bits per heavy atom. The molecule has 0 aromatic heterocycles. The van der Waals surface area contributed by atoms with Crippen molar-refractivity contribution in [2.75, 3.05) is 5.32 Å². The quantitative estimate of drug-likeness (QED) is 0.797. The molecule has 15 heavy (non-hydrogen) atoms. The Balaban J connectivity index is 2.61. The van der Waals surface area contributed by atoms with Crippen molar-refractivity contribution in [1.82, 2.24) is 0 Å². The number of hydrogen-bond donors (Lipinski definition) is 1. The minimum Gasteiger partial charge on any atom is -0.477 e. The first kappa shape index (κ1) is 10.8. The van der Waals surface area contributed by atoms with E-state index >= 15 is 0 Å². The highest BCUT2D eigenvalue weighted by atomic mass is 79.9. The third-order valence-corrected chi connectivity index (χ3v) is 3.45. The maximum Gasteiger partial charge on any atom is 0.265 e. The lowest BCUT2D eigenvalue weighted by atomic mass is 10.1. The van der Waals surface area contributed by atoms with Gasteiger partial charge in [-0.15, -0.1) is 0 Å². The lowest BCUT2D eigenvalue weighted by Gasteiger charge is -2.26. The molecule has 1 amide bonds. The van der Waals surface area contributed by atoms with E-state index in [1.807, 2.05) is 6.92 Å². The molecule has 0 saturated heterocycles. The molecule has 80 valence electrons. The Labute approximate surface area is 101 Å². The highest BCUT2D eigenvalue weighted by Gasteiger charge is 2.27. The fourth-order valence-corrected chi connectivity index (χ4v) is 2.22. The number of nitrogens with one attached hydrogen (secondary N) is 1. The summed E-state index contributed by atoms with van der Waals surface area (Å²) in [6.45, 7) is 3.57. The Kier molecular flexibility index (Phi) is 2.64. The summed E-state index contributed by atoms with van der Waals surface area (Å²) in [6.07, 6.45) is -0.504. The number of ether oxygens (including phenoxy) is 1. The third-order valence-electron chi connectivity index (χ3n) is 2.34. The van der Waals surface area contributed by atoms with Crippen molar-refractivity contribution in [2.24, 2.45) is 0 Å². The molecule has 0 saturated carbocycles. The van der Waals surface area contributed by atoms with Crippen LogP contribution in [0.4, 0.5) is 5.69 Å². The van der Waals surface area contributed by atoms with Crippen molar-refractivity contribution in [3.63, 3.8) is 0 Å². The van der Waals surface area contributed by atoms with E-state index in [2.05, 4.69) is 21.2 Å². The van der Waals surface area contributed by atoms with Gasteiger partial charge in [0.25, 0.3) is 5.91 Å². The number of carbonyl (C=O) groups is 1. The van der Waals surface area contributed by atoms with Crippen LogP contribution in [0.2, 0.25) is 5.02 Å². The van der Waals surface area contributed by atoms with Crippen LogP contribution in [0.3, 0.4) is 0 Å². The van der Waals surface area contributed by atoms with Gasteiger partial charge in [-0.1, -0.05) is 27.5 Å². The van der Waals surface area contributed by atoms with Crippen molar-refractivity contribution in [1.29, 1.82) is 0 Å². The van der Waals surface area contributed by atoms with Crippen molar-refractivity contribution in [3.8, 4) is 5.75 Å². The molecule has 1 aliphatic heterocycles. The van der Waals surface area contributed by atoms with Gasteiger partial charge in [0.2, 0.25) is 0 Å². The molecule has 2 rings (SSSR count). The van der Waals surface area contributed by atoms with Gasteiger partial charge in [-0.3, -0.25) is 4.79 Å². The van der Waals surface area contributed by atoms with Gasteiger partial charge in [-0.2, -0.15) is 0 Å². The summed E-state index contributed by atoms with van der Waals surface area (Å²) >= 11 is 9.40. The van der Waals surface area contributed by atoms with Crippen molar-refractivity contribution >= 4 is 39.1 Å². The Morgan fingerprint density at radius 3 is 2.93 bits per heavy atom. The number of benzene rings is 1. The number of carbonyl (C=O) groups excluding carboxylic acids is 1. The fourth-order valence-electron chi connectivity index (χ4n) is 1.42. The van der Waals surface area contributed by atoms with Crippen LogP contribution in [-0.2, 0) is 4.79 Å². The molecule has 1 aromatic carbocycles. The van der Waals surface area contributed by atoms with E-state index in [1.165, 1.54) is 0 Å². The van der Waals surface area contributed by atoms with Crippen molar-refractivity contribution in [3.05, 3.63) is 21.1 Å². The Bertz CT molecular complexity index is 448. The Morgan fingerprint density at radius 2 is 2.27 bits per heavy atom. The van der Waals surface area contributed by atoms with Gasteiger partial charge in [-0.25, -0.2) is 0 Å².